The van der Waals surface area contributed by atoms with E-state index in [9.17, 15) is 4.79 Å². The Kier molecular flexibility index (Phi) is 4.49. The van der Waals surface area contributed by atoms with Crippen LogP contribution in [0.15, 0.2) is 18.2 Å². The molecule has 1 amide bonds. The second-order valence-corrected chi connectivity index (χ2v) is 5.31. The molecule has 0 unspecified atom stereocenters. The van der Waals surface area contributed by atoms with Gasteiger partial charge in [-0.25, -0.2) is 0 Å². The molecule has 1 aliphatic heterocycles. The largest absolute Gasteiger partial charge is 0.338 e. The lowest BCUT2D eigenvalue weighted by molar-refractivity contribution is -0.131. The monoisotopic (exact) mass is 286 g/mol. The highest BCUT2D eigenvalue weighted by Crippen LogP contribution is 2.26. The quantitative estimate of drug-likeness (QED) is 0.928. The number of carbonyl (C=O) groups excluding carboxylic acids is 1. The maximum atomic E-state index is 12.2. The number of nitrogens with zero attached hydrogens (tertiary/aromatic N) is 1. The van der Waals surface area contributed by atoms with E-state index in [1.165, 1.54) is 0 Å². The normalized spacial score (nSPS) is 19.3. The van der Waals surface area contributed by atoms with E-state index in [2.05, 4.69) is 0 Å². The molecule has 5 heteroatoms. The van der Waals surface area contributed by atoms with Crippen molar-refractivity contribution >= 4 is 29.1 Å². The molecular weight excluding hydrogens is 271 g/mol. The van der Waals surface area contributed by atoms with Crippen molar-refractivity contribution in [2.24, 2.45) is 5.73 Å². The van der Waals surface area contributed by atoms with E-state index in [0.717, 1.165) is 19.4 Å². The molecule has 1 saturated heterocycles. The van der Waals surface area contributed by atoms with Crippen LogP contribution in [0.5, 0.6) is 0 Å². The highest BCUT2D eigenvalue weighted by molar-refractivity contribution is 6.36. The van der Waals surface area contributed by atoms with Crippen LogP contribution in [0.1, 0.15) is 18.4 Å². The summed E-state index contributed by atoms with van der Waals surface area (Å²) < 4.78 is 0. The number of halogens is 2. The van der Waals surface area contributed by atoms with Crippen molar-refractivity contribution in [3.8, 4) is 0 Å². The fourth-order valence-electron chi connectivity index (χ4n) is 2.36. The summed E-state index contributed by atoms with van der Waals surface area (Å²) in [5.74, 6) is 0.0537. The summed E-state index contributed by atoms with van der Waals surface area (Å²) >= 11 is 12.1. The third-order valence-corrected chi connectivity index (χ3v) is 4.07. The van der Waals surface area contributed by atoms with E-state index >= 15 is 0 Å². The standard InChI is InChI=1S/C13H16Cl2N2O/c14-11-4-1-5-12(15)10(11)7-13(18)17-6-2-3-9(17)8-16/h1,4-5,9H,2-3,6-8,16H2/t9-/m1/s1. The van der Waals surface area contributed by atoms with Gasteiger partial charge in [0.25, 0.3) is 0 Å². The van der Waals surface area contributed by atoms with Gasteiger partial charge >= 0.3 is 0 Å². The van der Waals surface area contributed by atoms with Crippen LogP contribution in [-0.2, 0) is 11.2 Å². The molecule has 3 nitrogen and oxygen atoms in total. The van der Waals surface area contributed by atoms with Crippen molar-refractivity contribution in [1.29, 1.82) is 0 Å². The topological polar surface area (TPSA) is 46.3 Å². The maximum Gasteiger partial charge on any atom is 0.227 e. The molecule has 18 heavy (non-hydrogen) atoms. The number of amides is 1. The van der Waals surface area contributed by atoms with Crippen LogP contribution in [0.4, 0.5) is 0 Å². The Labute approximate surface area is 117 Å². The fraction of sp³-hybridized carbons (Fsp3) is 0.462. The van der Waals surface area contributed by atoms with Crippen LogP contribution >= 0.6 is 23.2 Å². The minimum absolute atomic E-state index is 0.0537. The fourth-order valence-corrected chi connectivity index (χ4v) is 2.89. The molecule has 2 rings (SSSR count). The lowest BCUT2D eigenvalue weighted by Gasteiger charge is -2.23. The number of nitrogens with two attached hydrogens (primary N) is 1. The van der Waals surface area contributed by atoms with Crippen LogP contribution in [-0.4, -0.2) is 29.9 Å². The summed E-state index contributed by atoms with van der Waals surface area (Å²) in [4.78, 5) is 14.1. The van der Waals surface area contributed by atoms with Gasteiger partial charge < -0.3 is 10.6 Å². The molecule has 1 aromatic carbocycles. The second-order valence-electron chi connectivity index (χ2n) is 4.50. The molecule has 98 valence electrons. The zero-order valence-electron chi connectivity index (χ0n) is 10.0. The van der Waals surface area contributed by atoms with Crippen LogP contribution in [0.25, 0.3) is 0 Å². The second kappa shape index (κ2) is 5.91. The lowest BCUT2D eigenvalue weighted by atomic mass is 10.1. The van der Waals surface area contributed by atoms with Gasteiger partial charge in [-0.1, -0.05) is 29.3 Å². The lowest BCUT2D eigenvalue weighted by Crippen LogP contribution is -2.40. The first kappa shape index (κ1) is 13.7. The van der Waals surface area contributed by atoms with Crippen molar-refractivity contribution in [1.82, 2.24) is 4.90 Å². The first-order chi connectivity index (χ1) is 8.63. The maximum absolute atomic E-state index is 12.2. The van der Waals surface area contributed by atoms with Gasteiger partial charge in [-0.05, 0) is 30.5 Å². The van der Waals surface area contributed by atoms with Crippen molar-refractivity contribution < 1.29 is 4.79 Å². The third kappa shape index (κ3) is 2.79. The molecule has 0 saturated carbocycles. The van der Waals surface area contributed by atoms with E-state index in [-0.39, 0.29) is 18.4 Å². The van der Waals surface area contributed by atoms with Gasteiger partial charge in [0.15, 0.2) is 0 Å². The van der Waals surface area contributed by atoms with Crippen molar-refractivity contribution in [2.45, 2.75) is 25.3 Å². The minimum Gasteiger partial charge on any atom is -0.338 e. The van der Waals surface area contributed by atoms with Crippen LogP contribution < -0.4 is 5.73 Å². The molecule has 1 aromatic rings. The van der Waals surface area contributed by atoms with Gasteiger partial charge in [-0.15, -0.1) is 0 Å². The predicted molar refractivity (Wildman–Crippen MR) is 74.0 cm³/mol. The molecular formula is C13H16Cl2N2O. The number of hydrogen-bond donors (Lipinski definition) is 1. The highest BCUT2D eigenvalue weighted by Gasteiger charge is 2.28. The van der Waals surface area contributed by atoms with Crippen LogP contribution in [0.2, 0.25) is 10.0 Å². The molecule has 1 aliphatic rings. The van der Waals surface area contributed by atoms with Crippen molar-refractivity contribution in [3.05, 3.63) is 33.8 Å². The summed E-state index contributed by atoms with van der Waals surface area (Å²) in [6.07, 6.45) is 2.25. The highest BCUT2D eigenvalue weighted by atomic mass is 35.5. The number of rotatable bonds is 3. The van der Waals surface area contributed by atoms with Gasteiger partial charge in [0.05, 0.1) is 6.42 Å². The molecule has 1 atom stereocenters. The van der Waals surface area contributed by atoms with E-state index in [0.29, 0.717) is 22.2 Å². The van der Waals surface area contributed by atoms with Gasteiger partial charge in [-0.2, -0.15) is 0 Å². The summed E-state index contributed by atoms with van der Waals surface area (Å²) in [5.41, 5.74) is 6.37. The SMILES string of the molecule is NC[C@H]1CCCN1C(=O)Cc1c(Cl)cccc1Cl. The van der Waals surface area contributed by atoms with E-state index in [1.807, 2.05) is 4.90 Å². The molecule has 0 aromatic heterocycles. The van der Waals surface area contributed by atoms with E-state index in [1.54, 1.807) is 18.2 Å². The Morgan fingerprint density at radius 2 is 2.06 bits per heavy atom. The van der Waals surface area contributed by atoms with Gasteiger partial charge in [0.1, 0.15) is 0 Å². The van der Waals surface area contributed by atoms with Gasteiger partial charge in [0, 0.05) is 29.2 Å². The average Bonchev–Trinajstić information content (AvgIpc) is 2.82. The third-order valence-electron chi connectivity index (χ3n) is 3.36. The van der Waals surface area contributed by atoms with E-state index in [4.69, 9.17) is 28.9 Å². The van der Waals surface area contributed by atoms with Crippen LogP contribution in [0, 0.1) is 0 Å². The molecule has 2 N–H and O–H groups in total. The molecule has 0 spiro atoms. The Balaban J connectivity index is 2.12. The number of carbonyl (C=O) groups is 1. The molecule has 1 heterocycles. The Hall–Kier alpha value is -0.770. The minimum atomic E-state index is 0.0537. The zero-order chi connectivity index (χ0) is 13.1. The summed E-state index contributed by atoms with van der Waals surface area (Å²) in [6.45, 7) is 1.30. The van der Waals surface area contributed by atoms with E-state index < -0.39 is 0 Å². The number of hydrogen-bond acceptors (Lipinski definition) is 2. The summed E-state index contributed by atoms with van der Waals surface area (Å²) in [5, 5.41) is 1.08. The molecule has 0 bridgehead atoms. The number of likely N-dealkylation sites (tertiary alicyclic amines) is 1. The van der Waals surface area contributed by atoms with Gasteiger partial charge in [0.2, 0.25) is 5.91 Å². The predicted octanol–water partition coefficient (Wildman–Crippen LogP) is 2.49. The van der Waals surface area contributed by atoms with Crippen LogP contribution in [0.3, 0.4) is 0 Å². The zero-order valence-corrected chi connectivity index (χ0v) is 11.5. The summed E-state index contributed by atoms with van der Waals surface area (Å²) in [6, 6.07) is 5.44. The molecule has 0 aliphatic carbocycles. The molecule has 1 fully saturated rings. The van der Waals surface area contributed by atoms with Crippen molar-refractivity contribution in [2.75, 3.05) is 13.1 Å². The Morgan fingerprint density at radius 1 is 1.39 bits per heavy atom. The first-order valence-electron chi connectivity index (χ1n) is 6.06. The Bertz CT molecular complexity index is 430. The summed E-state index contributed by atoms with van der Waals surface area (Å²) in [7, 11) is 0. The first-order valence-corrected chi connectivity index (χ1v) is 6.81. The van der Waals surface area contributed by atoms with Crippen molar-refractivity contribution in [3.63, 3.8) is 0 Å². The smallest absolute Gasteiger partial charge is 0.227 e. The average molecular weight is 287 g/mol. The number of benzene rings is 1. The molecule has 0 radical (unpaired) electrons. The Morgan fingerprint density at radius 3 is 2.67 bits per heavy atom. The van der Waals surface area contributed by atoms with Gasteiger partial charge in [-0.3, -0.25) is 4.79 Å².